The molecule has 3 aromatic carbocycles. The van der Waals surface area contributed by atoms with Crippen molar-refractivity contribution in [2.24, 2.45) is 0 Å². The van der Waals surface area contributed by atoms with E-state index in [9.17, 15) is 9.18 Å². The van der Waals surface area contributed by atoms with Crippen molar-refractivity contribution < 1.29 is 9.18 Å². The van der Waals surface area contributed by atoms with E-state index in [0.29, 0.717) is 5.69 Å². The van der Waals surface area contributed by atoms with Crippen LogP contribution in [0.5, 0.6) is 0 Å². The second-order valence-electron chi connectivity index (χ2n) is 6.73. The molecule has 5 heteroatoms. The van der Waals surface area contributed by atoms with Gasteiger partial charge in [0.2, 0.25) is 5.91 Å². The molecular weight excluding hydrogens is 383 g/mol. The van der Waals surface area contributed by atoms with Crippen molar-refractivity contribution in [2.75, 3.05) is 5.32 Å². The highest BCUT2D eigenvalue weighted by molar-refractivity contribution is 7.18. The number of rotatable bonds is 5. The standard InChI is InChI=1S/C24H19FN2OS/c1-16-11-13-17(14-12-16)23-21(27-24(29-23)18-7-3-2-4-8-18)15-22(28)26-20-10-6-5-9-19(20)25/h2-14H,15H2,1H3,(H,26,28). The molecule has 0 saturated heterocycles. The summed E-state index contributed by atoms with van der Waals surface area (Å²) in [6.07, 6.45) is 0.0703. The monoisotopic (exact) mass is 402 g/mol. The normalized spacial score (nSPS) is 10.7. The Morgan fingerprint density at radius 1 is 0.931 bits per heavy atom. The molecule has 1 N–H and O–H groups in total. The van der Waals surface area contributed by atoms with E-state index >= 15 is 0 Å². The fourth-order valence-electron chi connectivity index (χ4n) is 3.02. The average Bonchev–Trinajstić information content (AvgIpc) is 3.14. The molecule has 0 unspecified atom stereocenters. The minimum absolute atomic E-state index is 0.0703. The number of hydrogen-bond acceptors (Lipinski definition) is 3. The van der Waals surface area contributed by atoms with Crippen LogP contribution in [0.3, 0.4) is 0 Å². The number of carbonyl (C=O) groups excluding carboxylic acids is 1. The third-order valence-electron chi connectivity index (χ3n) is 4.51. The Bertz CT molecular complexity index is 1140. The van der Waals surface area contributed by atoms with Crippen LogP contribution in [0, 0.1) is 12.7 Å². The fourth-order valence-corrected chi connectivity index (χ4v) is 4.11. The molecule has 0 bridgehead atoms. The van der Waals surface area contributed by atoms with Crippen LogP contribution in [-0.4, -0.2) is 10.9 Å². The Balaban J connectivity index is 1.67. The van der Waals surface area contributed by atoms with Crippen molar-refractivity contribution in [2.45, 2.75) is 13.3 Å². The number of anilines is 1. The number of aryl methyl sites for hydroxylation is 1. The van der Waals surface area contributed by atoms with Gasteiger partial charge in [-0.3, -0.25) is 4.79 Å². The summed E-state index contributed by atoms with van der Waals surface area (Å²) in [4.78, 5) is 18.3. The molecule has 1 aromatic heterocycles. The Kier molecular flexibility index (Phi) is 5.49. The molecule has 29 heavy (non-hydrogen) atoms. The van der Waals surface area contributed by atoms with Crippen LogP contribution in [0.1, 0.15) is 11.3 Å². The average molecular weight is 402 g/mol. The van der Waals surface area contributed by atoms with Gasteiger partial charge in [0.25, 0.3) is 0 Å². The summed E-state index contributed by atoms with van der Waals surface area (Å²) in [6.45, 7) is 2.04. The summed E-state index contributed by atoms with van der Waals surface area (Å²) in [7, 11) is 0. The number of halogens is 1. The molecule has 0 atom stereocenters. The van der Waals surface area contributed by atoms with Crippen LogP contribution in [0.2, 0.25) is 0 Å². The van der Waals surface area contributed by atoms with E-state index in [1.165, 1.54) is 11.6 Å². The molecule has 0 fully saturated rings. The van der Waals surface area contributed by atoms with Crippen LogP contribution in [0.4, 0.5) is 10.1 Å². The van der Waals surface area contributed by atoms with Gasteiger partial charge >= 0.3 is 0 Å². The summed E-state index contributed by atoms with van der Waals surface area (Å²) in [5, 5.41) is 3.50. The van der Waals surface area contributed by atoms with Gasteiger partial charge in [-0.15, -0.1) is 11.3 Å². The molecule has 0 aliphatic carbocycles. The van der Waals surface area contributed by atoms with Gasteiger partial charge in [-0.2, -0.15) is 0 Å². The van der Waals surface area contributed by atoms with E-state index < -0.39 is 5.82 Å². The fraction of sp³-hybridized carbons (Fsp3) is 0.0833. The Morgan fingerprint density at radius 3 is 2.34 bits per heavy atom. The zero-order valence-corrected chi connectivity index (χ0v) is 16.7. The van der Waals surface area contributed by atoms with Gasteiger partial charge < -0.3 is 5.32 Å². The number of amides is 1. The zero-order chi connectivity index (χ0) is 20.2. The number of thiazole rings is 1. The number of hydrogen-bond donors (Lipinski definition) is 1. The first-order valence-electron chi connectivity index (χ1n) is 9.27. The molecule has 144 valence electrons. The Hall–Kier alpha value is -3.31. The molecular formula is C24H19FN2OS. The molecule has 3 nitrogen and oxygen atoms in total. The maximum absolute atomic E-state index is 13.9. The SMILES string of the molecule is Cc1ccc(-c2sc(-c3ccccc3)nc2CC(=O)Nc2ccccc2F)cc1. The van der Waals surface area contributed by atoms with E-state index in [0.717, 1.165) is 21.0 Å². The van der Waals surface area contributed by atoms with Gasteiger partial charge in [0.05, 0.1) is 22.7 Å². The molecule has 0 spiro atoms. The van der Waals surface area contributed by atoms with Gasteiger partial charge in [-0.25, -0.2) is 9.37 Å². The quantitative estimate of drug-likeness (QED) is 0.438. The number of aromatic nitrogens is 1. The van der Waals surface area contributed by atoms with Gasteiger partial charge in [-0.1, -0.05) is 72.3 Å². The summed E-state index contributed by atoms with van der Waals surface area (Å²) >= 11 is 1.56. The third kappa shape index (κ3) is 4.41. The zero-order valence-electron chi connectivity index (χ0n) is 15.9. The number of carbonyl (C=O) groups is 1. The van der Waals surface area contributed by atoms with Gasteiger partial charge in [0, 0.05) is 5.56 Å². The highest BCUT2D eigenvalue weighted by Gasteiger charge is 2.18. The first-order valence-corrected chi connectivity index (χ1v) is 10.1. The molecule has 0 aliphatic rings. The first-order chi connectivity index (χ1) is 14.1. The highest BCUT2D eigenvalue weighted by Crippen LogP contribution is 2.36. The maximum atomic E-state index is 13.9. The van der Waals surface area contributed by atoms with E-state index in [4.69, 9.17) is 4.98 Å². The van der Waals surface area contributed by atoms with Crippen LogP contribution in [-0.2, 0) is 11.2 Å². The molecule has 0 aliphatic heterocycles. The van der Waals surface area contributed by atoms with Gasteiger partial charge in [0.15, 0.2) is 0 Å². The van der Waals surface area contributed by atoms with Gasteiger partial charge in [-0.05, 0) is 24.6 Å². The number of nitrogens with zero attached hydrogens (tertiary/aromatic N) is 1. The number of nitrogens with one attached hydrogen (secondary N) is 1. The summed E-state index contributed by atoms with van der Waals surface area (Å²) in [6, 6.07) is 24.2. The third-order valence-corrected chi connectivity index (χ3v) is 5.70. The first kappa shape index (κ1) is 19.0. The molecule has 4 rings (SSSR count). The lowest BCUT2D eigenvalue weighted by atomic mass is 10.1. The maximum Gasteiger partial charge on any atom is 0.230 e. The molecule has 1 heterocycles. The molecule has 0 radical (unpaired) electrons. The van der Waals surface area contributed by atoms with Crippen LogP contribution < -0.4 is 5.32 Å². The lowest BCUT2D eigenvalue weighted by Crippen LogP contribution is -2.16. The minimum atomic E-state index is -0.456. The van der Waals surface area contributed by atoms with Crippen molar-refractivity contribution in [1.29, 1.82) is 0 Å². The molecule has 1 amide bonds. The molecule has 4 aromatic rings. The lowest BCUT2D eigenvalue weighted by Gasteiger charge is -2.06. The smallest absolute Gasteiger partial charge is 0.230 e. The Morgan fingerprint density at radius 2 is 1.62 bits per heavy atom. The van der Waals surface area contributed by atoms with E-state index in [1.807, 2.05) is 61.5 Å². The van der Waals surface area contributed by atoms with Crippen molar-refractivity contribution >= 4 is 22.9 Å². The summed E-state index contributed by atoms with van der Waals surface area (Å²) in [5.41, 5.74) is 4.05. The number of para-hydroxylation sites is 1. The minimum Gasteiger partial charge on any atom is -0.323 e. The van der Waals surface area contributed by atoms with E-state index in [2.05, 4.69) is 5.32 Å². The van der Waals surface area contributed by atoms with E-state index in [-0.39, 0.29) is 18.0 Å². The second-order valence-corrected chi connectivity index (χ2v) is 7.73. The predicted octanol–water partition coefficient (Wildman–Crippen LogP) is 6.11. The van der Waals surface area contributed by atoms with Gasteiger partial charge in [0.1, 0.15) is 10.8 Å². The number of benzene rings is 3. The van der Waals surface area contributed by atoms with Crippen LogP contribution in [0.15, 0.2) is 78.9 Å². The summed E-state index contributed by atoms with van der Waals surface area (Å²) < 4.78 is 13.9. The van der Waals surface area contributed by atoms with Crippen molar-refractivity contribution in [3.63, 3.8) is 0 Å². The lowest BCUT2D eigenvalue weighted by molar-refractivity contribution is -0.115. The van der Waals surface area contributed by atoms with Crippen LogP contribution >= 0.6 is 11.3 Å². The second kappa shape index (κ2) is 8.37. The van der Waals surface area contributed by atoms with Crippen molar-refractivity contribution in [3.05, 3.63) is 95.9 Å². The summed E-state index contributed by atoms with van der Waals surface area (Å²) in [5.74, 6) is -0.753. The largest absolute Gasteiger partial charge is 0.323 e. The van der Waals surface area contributed by atoms with Crippen molar-refractivity contribution in [1.82, 2.24) is 4.98 Å². The topological polar surface area (TPSA) is 42.0 Å². The van der Waals surface area contributed by atoms with Crippen LogP contribution in [0.25, 0.3) is 21.0 Å². The Labute approximate surface area is 172 Å². The highest BCUT2D eigenvalue weighted by atomic mass is 32.1. The van der Waals surface area contributed by atoms with Crippen molar-refractivity contribution in [3.8, 4) is 21.0 Å². The molecule has 0 saturated carbocycles. The van der Waals surface area contributed by atoms with E-state index in [1.54, 1.807) is 29.5 Å². The predicted molar refractivity (Wildman–Crippen MR) is 116 cm³/mol.